The molecule has 1 fully saturated rings. The second kappa shape index (κ2) is 6.05. The Morgan fingerprint density at radius 1 is 1.27 bits per heavy atom. The van der Waals surface area contributed by atoms with Crippen molar-refractivity contribution < 1.29 is 5.11 Å². The van der Waals surface area contributed by atoms with Crippen LogP contribution < -0.4 is 0 Å². The molecule has 3 rings (SSSR count). The maximum absolute atomic E-state index is 9.78. The Hall–Kier alpha value is -1.32. The molecule has 1 aromatic heterocycles. The van der Waals surface area contributed by atoms with Crippen LogP contribution in [0, 0.1) is 19.3 Å². The molecule has 3 heteroatoms. The molecule has 120 valence electrons. The van der Waals surface area contributed by atoms with Gasteiger partial charge in [0.05, 0.1) is 0 Å². The fraction of sp³-hybridized carbons (Fsp3) is 0.579. The first kappa shape index (κ1) is 15.6. The third-order valence-electron chi connectivity index (χ3n) is 5.17. The molecule has 0 radical (unpaired) electrons. The number of aliphatic hydroxyl groups is 1. The van der Waals surface area contributed by atoms with Crippen molar-refractivity contribution in [2.24, 2.45) is 5.41 Å². The smallest absolute Gasteiger partial charge is 0.0500 e. The molecule has 2 heterocycles. The van der Waals surface area contributed by atoms with Gasteiger partial charge < -0.3 is 10.1 Å². The number of likely N-dealkylation sites (tertiary alicyclic amines) is 1. The van der Waals surface area contributed by atoms with E-state index >= 15 is 0 Å². The fourth-order valence-electron chi connectivity index (χ4n) is 4.09. The third-order valence-corrected chi connectivity index (χ3v) is 5.17. The molecule has 1 aliphatic heterocycles. The molecule has 0 saturated carbocycles. The molecule has 3 nitrogen and oxygen atoms in total. The van der Waals surface area contributed by atoms with Crippen LogP contribution in [0.25, 0.3) is 10.9 Å². The van der Waals surface area contributed by atoms with Crippen molar-refractivity contribution in [3.8, 4) is 0 Å². The van der Waals surface area contributed by atoms with E-state index in [1.165, 1.54) is 27.7 Å². The standard InChI is InChI=1S/C19H28N2O/c1-4-5-19(13-22)6-7-21(12-19)11-16-10-17-15(3)8-14(2)9-18(17)20-16/h8-10,20,22H,4-7,11-13H2,1-3H3. The Kier molecular flexibility index (Phi) is 4.28. The zero-order valence-corrected chi connectivity index (χ0v) is 14.1. The number of aryl methyl sites for hydroxylation is 2. The summed E-state index contributed by atoms with van der Waals surface area (Å²) in [7, 11) is 0. The van der Waals surface area contributed by atoms with Crippen LogP contribution in [0.4, 0.5) is 0 Å². The van der Waals surface area contributed by atoms with Gasteiger partial charge in [0, 0.05) is 41.7 Å². The van der Waals surface area contributed by atoms with Crippen molar-refractivity contribution in [1.29, 1.82) is 0 Å². The van der Waals surface area contributed by atoms with Crippen LogP contribution in [-0.2, 0) is 6.54 Å². The van der Waals surface area contributed by atoms with Crippen LogP contribution in [0.2, 0.25) is 0 Å². The largest absolute Gasteiger partial charge is 0.396 e. The van der Waals surface area contributed by atoms with E-state index in [-0.39, 0.29) is 5.41 Å². The molecule has 2 N–H and O–H groups in total. The van der Waals surface area contributed by atoms with Crippen LogP contribution in [-0.4, -0.2) is 34.7 Å². The van der Waals surface area contributed by atoms with Crippen molar-refractivity contribution in [3.05, 3.63) is 35.0 Å². The summed E-state index contributed by atoms with van der Waals surface area (Å²) < 4.78 is 0. The number of aromatic amines is 1. The normalized spacial score (nSPS) is 22.7. The lowest BCUT2D eigenvalue weighted by Crippen LogP contribution is -2.30. The van der Waals surface area contributed by atoms with Gasteiger partial charge in [0.2, 0.25) is 0 Å². The van der Waals surface area contributed by atoms with E-state index in [1.54, 1.807) is 0 Å². The van der Waals surface area contributed by atoms with Crippen LogP contribution in [0.3, 0.4) is 0 Å². The van der Waals surface area contributed by atoms with E-state index in [0.717, 1.165) is 38.9 Å². The first-order chi connectivity index (χ1) is 10.5. The molecule has 1 saturated heterocycles. The van der Waals surface area contributed by atoms with Crippen molar-refractivity contribution in [2.45, 2.75) is 46.6 Å². The summed E-state index contributed by atoms with van der Waals surface area (Å²) in [6, 6.07) is 6.77. The fourth-order valence-corrected chi connectivity index (χ4v) is 4.09. The zero-order valence-electron chi connectivity index (χ0n) is 14.1. The van der Waals surface area contributed by atoms with Crippen molar-refractivity contribution >= 4 is 10.9 Å². The Labute approximate surface area is 133 Å². The van der Waals surface area contributed by atoms with Gasteiger partial charge in [-0.3, -0.25) is 4.90 Å². The molecule has 0 bridgehead atoms. The highest BCUT2D eigenvalue weighted by atomic mass is 16.3. The maximum atomic E-state index is 9.78. The van der Waals surface area contributed by atoms with E-state index in [4.69, 9.17) is 0 Å². The molecule has 0 amide bonds. The number of H-pyrrole nitrogens is 1. The van der Waals surface area contributed by atoms with Gasteiger partial charge in [0.25, 0.3) is 0 Å². The number of nitrogens with one attached hydrogen (secondary N) is 1. The molecule has 2 aromatic rings. The first-order valence-corrected chi connectivity index (χ1v) is 8.47. The molecule has 1 aromatic carbocycles. The summed E-state index contributed by atoms with van der Waals surface area (Å²) in [5.41, 5.74) is 5.31. The maximum Gasteiger partial charge on any atom is 0.0500 e. The second-order valence-electron chi connectivity index (χ2n) is 7.21. The highest BCUT2D eigenvalue weighted by molar-refractivity contribution is 5.84. The molecule has 22 heavy (non-hydrogen) atoms. The van der Waals surface area contributed by atoms with Gasteiger partial charge >= 0.3 is 0 Å². The van der Waals surface area contributed by atoms with Gasteiger partial charge in [-0.05, 0) is 56.5 Å². The average Bonchev–Trinajstić information content (AvgIpc) is 3.04. The zero-order chi connectivity index (χ0) is 15.7. The van der Waals surface area contributed by atoms with Gasteiger partial charge in [-0.2, -0.15) is 0 Å². The van der Waals surface area contributed by atoms with E-state index in [0.29, 0.717) is 6.61 Å². The van der Waals surface area contributed by atoms with Crippen LogP contribution in [0.15, 0.2) is 18.2 Å². The van der Waals surface area contributed by atoms with E-state index < -0.39 is 0 Å². The quantitative estimate of drug-likeness (QED) is 0.882. The Bertz CT molecular complexity index is 661. The summed E-state index contributed by atoms with van der Waals surface area (Å²) in [6.45, 7) is 9.93. The number of nitrogens with zero attached hydrogens (tertiary/aromatic N) is 1. The molecular weight excluding hydrogens is 272 g/mol. The molecular formula is C19H28N2O. The number of benzene rings is 1. The van der Waals surface area contributed by atoms with Gasteiger partial charge in [-0.15, -0.1) is 0 Å². The van der Waals surface area contributed by atoms with Crippen molar-refractivity contribution in [1.82, 2.24) is 9.88 Å². The van der Waals surface area contributed by atoms with Gasteiger partial charge in [0.1, 0.15) is 0 Å². The Balaban J connectivity index is 1.76. The molecule has 1 aliphatic rings. The van der Waals surface area contributed by atoms with Gasteiger partial charge in [-0.1, -0.05) is 19.4 Å². The first-order valence-electron chi connectivity index (χ1n) is 8.47. The number of fused-ring (bicyclic) bond motifs is 1. The topological polar surface area (TPSA) is 39.3 Å². The summed E-state index contributed by atoms with van der Waals surface area (Å²) in [4.78, 5) is 6.06. The summed E-state index contributed by atoms with van der Waals surface area (Å²) >= 11 is 0. The van der Waals surface area contributed by atoms with Crippen LogP contribution >= 0.6 is 0 Å². The number of rotatable bonds is 5. The van der Waals surface area contributed by atoms with Crippen molar-refractivity contribution in [2.75, 3.05) is 19.7 Å². The minimum absolute atomic E-state index is 0.132. The van der Waals surface area contributed by atoms with Gasteiger partial charge in [0.15, 0.2) is 0 Å². The van der Waals surface area contributed by atoms with Crippen LogP contribution in [0.1, 0.15) is 43.0 Å². The second-order valence-corrected chi connectivity index (χ2v) is 7.21. The molecule has 0 aliphatic carbocycles. The molecule has 1 unspecified atom stereocenters. The average molecular weight is 300 g/mol. The van der Waals surface area contributed by atoms with E-state index in [9.17, 15) is 5.11 Å². The minimum Gasteiger partial charge on any atom is -0.396 e. The Morgan fingerprint density at radius 2 is 2.09 bits per heavy atom. The van der Waals surface area contributed by atoms with E-state index in [1.807, 2.05) is 0 Å². The monoisotopic (exact) mass is 300 g/mol. The highest BCUT2D eigenvalue weighted by Crippen LogP contribution is 2.35. The van der Waals surface area contributed by atoms with E-state index in [2.05, 4.69) is 48.9 Å². The predicted octanol–water partition coefficient (Wildman–Crippen LogP) is 3.77. The molecule has 1 atom stereocenters. The lowest BCUT2D eigenvalue weighted by molar-refractivity contribution is 0.117. The van der Waals surface area contributed by atoms with Gasteiger partial charge in [-0.25, -0.2) is 0 Å². The lowest BCUT2D eigenvalue weighted by Gasteiger charge is -2.26. The third kappa shape index (κ3) is 2.92. The summed E-state index contributed by atoms with van der Waals surface area (Å²) in [5, 5.41) is 11.1. The minimum atomic E-state index is 0.132. The summed E-state index contributed by atoms with van der Waals surface area (Å²) in [6.07, 6.45) is 3.40. The van der Waals surface area contributed by atoms with Crippen molar-refractivity contribution in [3.63, 3.8) is 0 Å². The molecule has 0 spiro atoms. The summed E-state index contributed by atoms with van der Waals surface area (Å²) in [5.74, 6) is 0. The highest BCUT2D eigenvalue weighted by Gasteiger charge is 2.36. The SMILES string of the molecule is CCCC1(CO)CCN(Cc2cc3c(C)cc(C)cc3[nH]2)C1. The Morgan fingerprint density at radius 3 is 2.82 bits per heavy atom. The number of aromatic nitrogens is 1. The number of aliphatic hydroxyl groups excluding tert-OH is 1. The number of hydrogen-bond donors (Lipinski definition) is 2. The number of hydrogen-bond acceptors (Lipinski definition) is 2. The predicted molar refractivity (Wildman–Crippen MR) is 92.1 cm³/mol. The van der Waals surface area contributed by atoms with Crippen LogP contribution in [0.5, 0.6) is 0 Å². The lowest BCUT2D eigenvalue weighted by atomic mass is 9.83.